The second-order valence-electron chi connectivity index (χ2n) is 5.24. The lowest BCUT2D eigenvalue weighted by molar-refractivity contribution is -0.122. The molecule has 1 N–H and O–H groups in total. The molecule has 0 unspecified atom stereocenters. The first-order valence-corrected chi connectivity index (χ1v) is 6.79. The van der Waals surface area contributed by atoms with E-state index in [9.17, 15) is 4.79 Å². The van der Waals surface area contributed by atoms with Crippen LogP contribution in [0.5, 0.6) is 0 Å². The van der Waals surface area contributed by atoms with Crippen LogP contribution in [-0.4, -0.2) is 25.2 Å². The first-order valence-electron chi connectivity index (χ1n) is 6.79. The Bertz CT molecular complexity index is 412. The van der Waals surface area contributed by atoms with Gasteiger partial charge in [-0.25, -0.2) is 0 Å². The Hall–Kier alpha value is -1.35. The fourth-order valence-electron chi connectivity index (χ4n) is 2.70. The van der Waals surface area contributed by atoms with Crippen LogP contribution in [0, 0.1) is 5.92 Å². The lowest BCUT2D eigenvalue weighted by Crippen LogP contribution is -2.33. The molecule has 1 aliphatic heterocycles. The van der Waals surface area contributed by atoms with Crippen LogP contribution in [0.2, 0.25) is 0 Å². The maximum Gasteiger partial charge on any atom is 0.223 e. The third-order valence-electron chi connectivity index (χ3n) is 3.88. The summed E-state index contributed by atoms with van der Waals surface area (Å²) in [4.78, 5) is 12.0. The van der Waals surface area contributed by atoms with Crippen LogP contribution in [-0.2, 0) is 9.53 Å². The van der Waals surface area contributed by atoms with Gasteiger partial charge >= 0.3 is 0 Å². The Labute approximate surface area is 108 Å². The topological polar surface area (TPSA) is 38.3 Å². The average Bonchev–Trinajstić information content (AvgIpc) is 3.05. The number of carbonyl (C=O) groups is 1. The molecule has 3 heteroatoms. The molecular formula is C15H19NO2. The van der Waals surface area contributed by atoms with Crippen molar-refractivity contribution < 1.29 is 9.53 Å². The van der Waals surface area contributed by atoms with E-state index in [4.69, 9.17) is 4.74 Å². The van der Waals surface area contributed by atoms with Crippen molar-refractivity contribution in [1.29, 1.82) is 0 Å². The van der Waals surface area contributed by atoms with Crippen molar-refractivity contribution in [2.75, 3.05) is 13.2 Å². The molecule has 1 saturated heterocycles. The highest BCUT2D eigenvalue weighted by molar-refractivity contribution is 5.82. The lowest BCUT2D eigenvalue weighted by Gasteiger charge is -2.10. The number of ether oxygens (including phenoxy) is 1. The van der Waals surface area contributed by atoms with Gasteiger partial charge in [-0.1, -0.05) is 30.3 Å². The Morgan fingerprint density at radius 2 is 2.17 bits per heavy atom. The van der Waals surface area contributed by atoms with Gasteiger partial charge in [-0.05, 0) is 30.7 Å². The molecule has 1 heterocycles. The molecule has 96 valence electrons. The molecule has 2 fully saturated rings. The van der Waals surface area contributed by atoms with Crippen molar-refractivity contribution in [3.05, 3.63) is 35.9 Å². The van der Waals surface area contributed by atoms with Crippen LogP contribution in [0.15, 0.2) is 30.3 Å². The Morgan fingerprint density at radius 3 is 2.89 bits per heavy atom. The monoisotopic (exact) mass is 245 g/mol. The molecule has 1 aromatic rings. The van der Waals surface area contributed by atoms with E-state index in [1.54, 1.807) is 0 Å². The zero-order valence-corrected chi connectivity index (χ0v) is 10.5. The minimum Gasteiger partial charge on any atom is -0.376 e. The van der Waals surface area contributed by atoms with Crippen LogP contribution in [0.4, 0.5) is 0 Å². The molecule has 1 aliphatic carbocycles. The maximum absolute atomic E-state index is 12.0. The van der Waals surface area contributed by atoms with Gasteiger partial charge in [0.2, 0.25) is 5.91 Å². The highest BCUT2D eigenvalue weighted by Gasteiger charge is 2.43. The zero-order chi connectivity index (χ0) is 12.4. The molecule has 1 saturated carbocycles. The first kappa shape index (κ1) is 11.7. The molecule has 18 heavy (non-hydrogen) atoms. The maximum atomic E-state index is 12.0. The predicted molar refractivity (Wildman–Crippen MR) is 69.3 cm³/mol. The molecule has 1 aromatic carbocycles. The Morgan fingerprint density at radius 1 is 1.33 bits per heavy atom. The van der Waals surface area contributed by atoms with Crippen molar-refractivity contribution in [1.82, 2.24) is 5.32 Å². The van der Waals surface area contributed by atoms with Gasteiger partial charge in [-0.3, -0.25) is 4.79 Å². The van der Waals surface area contributed by atoms with E-state index >= 15 is 0 Å². The van der Waals surface area contributed by atoms with Gasteiger partial charge in [0.25, 0.3) is 0 Å². The van der Waals surface area contributed by atoms with Gasteiger partial charge in [0.1, 0.15) is 0 Å². The second kappa shape index (κ2) is 5.11. The zero-order valence-electron chi connectivity index (χ0n) is 10.5. The number of amides is 1. The summed E-state index contributed by atoms with van der Waals surface area (Å²) < 4.78 is 5.50. The van der Waals surface area contributed by atoms with Gasteiger partial charge in [-0.15, -0.1) is 0 Å². The summed E-state index contributed by atoms with van der Waals surface area (Å²) in [5.74, 6) is 0.795. The van der Waals surface area contributed by atoms with Crippen molar-refractivity contribution in [3.63, 3.8) is 0 Å². The van der Waals surface area contributed by atoms with E-state index in [1.807, 2.05) is 18.2 Å². The fourth-order valence-corrected chi connectivity index (χ4v) is 2.70. The molecule has 3 atom stereocenters. The highest BCUT2D eigenvalue weighted by Crippen LogP contribution is 2.47. The summed E-state index contributed by atoms with van der Waals surface area (Å²) in [6.45, 7) is 1.52. The van der Waals surface area contributed by atoms with E-state index in [0.29, 0.717) is 12.5 Å². The molecule has 0 bridgehead atoms. The minimum absolute atomic E-state index is 0.175. The second-order valence-corrected chi connectivity index (χ2v) is 5.24. The van der Waals surface area contributed by atoms with Crippen molar-refractivity contribution in [2.24, 2.45) is 5.92 Å². The molecular weight excluding hydrogens is 226 g/mol. The minimum atomic E-state index is 0.175. The third kappa shape index (κ3) is 2.56. The van der Waals surface area contributed by atoms with Crippen LogP contribution in [0.1, 0.15) is 30.7 Å². The molecule has 1 amide bonds. The predicted octanol–water partition coefficient (Wildman–Crippen LogP) is 2.09. The molecule has 0 spiro atoms. The SMILES string of the molecule is O=C(NC[C@H]1CCCO1)[C@H]1C[C@@H]1c1ccccc1. The molecule has 3 nitrogen and oxygen atoms in total. The quantitative estimate of drug-likeness (QED) is 0.882. The van der Waals surface area contributed by atoms with E-state index in [2.05, 4.69) is 17.4 Å². The van der Waals surface area contributed by atoms with Gasteiger partial charge in [0.15, 0.2) is 0 Å². The average molecular weight is 245 g/mol. The van der Waals surface area contributed by atoms with Crippen LogP contribution >= 0.6 is 0 Å². The summed E-state index contributed by atoms with van der Waals surface area (Å²) in [7, 11) is 0. The Balaban J connectivity index is 1.47. The summed E-state index contributed by atoms with van der Waals surface area (Å²) in [5.41, 5.74) is 1.29. The van der Waals surface area contributed by atoms with E-state index < -0.39 is 0 Å². The summed E-state index contributed by atoms with van der Waals surface area (Å²) in [6.07, 6.45) is 3.42. The number of benzene rings is 1. The first-order chi connectivity index (χ1) is 8.84. The summed E-state index contributed by atoms with van der Waals surface area (Å²) in [5, 5.41) is 3.02. The van der Waals surface area contributed by atoms with Crippen LogP contribution in [0.3, 0.4) is 0 Å². The lowest BCUT2D eigenvalue weighted by atomic mass is 10.1. The Kier molecular flexibility index (Phi) is 3.33. The number of nitrogens with one attached hydrogen (secondary N) is 1. The molecule has 0 radical (unpaired) electrons. The van der Waals surface area contributed by atoms with Gasteiger partial charge in [-0.2, -0.15) is 0 Å². The molecule has 0 aromatic heterocycles. The van der Waals surface area contributed by atoms with E-state index in [1.165, 1.54) is 5.56 Å². The number of hydrogen-bond donors (Lipinski definition) is 1. The summed E-state index contributed by atoms with van der Waals surface area (Å²) >= 11 is 0. The number of carbonyl (C=O) groups excluding carboxylic acids is 1. The van der Waals surface area contributed by atoms with Crippen molar-refractivity contribution in [2.45, 2.75) is 31.3 Å². The van der Waals surface area contributed by atoms with E-state index in [-0.39, 0.29) is 17.9 Å². The largest absolute Gasteiger partial charge is 0.376 e. The third-order valence-corrected chi connectivity index (χ3v) is 3.88. The van der Waals surface area contributed by atoms with Crippen LogP contribution < -0.4 is 5.32 Å². The van der Waals surface area contributed by atoms with Gasteiger partial charge in [0, 0.05) is 19.1 Å². The van der Waals surface area contributed by atoms with Gasteiger partial charge in [0.05, 0.1) is 6.10 Å². The highest BCUT2D eigenvalue weighted by atomic mass is 16.5. The van der Waals surface area contributed by atoms with Crippen molar-refractivity contribution >= 4 is 5.91 Å². The van der Waals surface area contributed by atoms with Gasteiger partial charge < -0.3 is 10.1 Å². The van der Waals surface area contributed by atoms with Crippen LogP contribution in [0.25, 0.3) is 0 Å². The fraction of sp³-hybridized carbons (Fsp3) is 0.533. The van der Waals surface area contributed by atoms with E-state index in [0.717, 1.165) is 25.9 Å². The summed E-state index contributed by atoms with van der Waals surface area (Å²) in [6, 6.07) is 10.3. The number of rotatable bonds is 4. The molecule has 3 rings (SSSR count). The standard InChI is InChI=1S/C15H19NO2/c17-15(16-10-12-7-4-8-18-12)14-9-13(14)11-5-2-1-3-6-11/h1-3,5-6,12-14H,4,7-10H2,(H,16,17)/t12-,13-,14+/m1/s1. The van der Waals surface area contributed by atoms with Crippen molar-refractivity contribution in [3.8, 4) is 0 Å². The smallest absolute Gasteiger partial charge is 0.223 e. The normalized spacial score (nSPS) is 30.1. The molecule has 2 aliphatic rings. The number of hydrogen-bond acceptors (Lipinski definition) is 2.